The van der Waals surface area contributed by atoms with Gasteiger partial charge in [-0.1, -0.05) is 23.4 Å². The van der Waals surface area contributed by atoms with Crippen molar-refractivity contribution >= 4 is 40.1 Å². The number of nitrogens with zero attached hydrogens (tertiary/aromatic N) is 1. The summed E-state index contributed by atoms with van der Waals surface area (Å²) in [6, 6.07) is 2.85. The molecule has 1 aliphatic rings. The summed E-state index contributed by atoms with van der Waals surface area (Å²) in [6.45, 7) is 1.55. The van der Waals surface area contributed by atoms with E-state index in [4.69, 9.17) is 11.6 Å². The molecule has 1 fully saturated rings. The molecule has 1 heterocycles. The fourth-order valence-electron chi connectivity index (χ4n) is 2.12. The van der Waals surface area contributed by atoms with Gasteiger partial charge in [0.15, 0.2) is 5.12 Å². The van der Waals surface area contributed by atoms with Crippen molar-refractivity contribution in [3.05, 3.63) is 28.8 Å². The Hall–Kier alpha value is -1.21. The van der Waals surface area contributed by atoms with E-state index in [0.717, 1.165) is 30.0 Å². The van der Waals surface area contributed by atoms with Gasteiger partial charge in [0.1, 0.15) is 0 Å². The number of hydrogen-bond donors (Lipinski definition) is 0. The summed E-state index contributed by atoms with van der Waals surface area (Å²) in [4.78, 5) is 24.2. The van der Waals surface area contributed by atoms with Crippen LogP contribution >= 0.6 is 23.4 Å². The quantitative estimate of drug-likeness (QED) is 0.825. The van der Waals surface area contributed by atoms with Gasteiger partial charge in [0.25, 0.3) is 0 Å². The lowest BCUT2D eigenvalue weighted by atomic mass is 10.2. The molecule has 1 unspecified atom stereocenters. The highest BCUT2D eigenvalue weighted by Crippen LogP contribution is 2.38. The number of rotatable bonds is 2. The minimum Gasteiger partial charge on any atom is -0.310 e. The van der Waals surface area contributed by atoms with Crippen LogP contribution in [0.2, 0.25) is 5.02 Å². The van der Waals surface area contributed by atoms with E-state index < -0.39 is 11.7 Å². The second-order valence-corrected chi connectivity index (χ2v) is 6.49. The Labute approximate surface area is 128 Å². The predicted molar refractivity (Wildman–Crippen MR) is 75.5 cm³/mol. The van der Waals surface area contributed by atoms with E-state index in [2.05, 4.69) is 0 Å². The molecule has 114 valence electrons. The summed E-state index contributed by atoms with van der Waals surface area (Å²) in [7, 11) is 0. The zero-order valence-corrected chi connectivity index (χ0v) is 12.5. The number of thioether (sulfide) groups is 1. The van der Waals surface area contributed by atoms with Crippen LogP contribution in [0.5, 0.6) is 0 Å². The summed E-state index contributed by atoms with van der Waals surface area (Å²) in [5, 5.41) is -0.324. The molecular weight excluding hydrogens is 327 g/mol. The Kier molecular flexibility index (Phi) is 4.53. The molecule has 2 rings (SSSR count). The van der Waals surface area contributed by atoms with Crippen molar-refractivity contribution in [1.29, 1.82) is 0 Å². The fourth-order valence-corrected chi connectivity index (χ4v) is 3.26. The van der Waals surface area contributed by atoms with Gasteiger partial charge in [0.05, 0.1) is 16.3 Å². The lowest BCUT2D eigenvalue weighted by Gasteiger charge is -2.19. The molecule has 1 saturated heterocycles. The third-order valence-electron chi connectivity index (χ3n) is 2.99. The van der Waals surface area contributed by atoms with Gasteiger partial charge < -0.3 is 4.90 Å². The maximum Gasteiger partial charge on any atom is 0.416 e. The van der Waals surface area contributed by atoms with E-state index in [9.17, 15) is 22.8 Å². The minimum absolute atomic E-state index is 0.0307. The van der Waals surface area contributed by atoms with E-state index in [1.807, 2.05) is 0 Å². The average Bonchev–Trinajstić information content (AvgIpc) is 2.68. The molecule has 1 aromatic rings. The second-order valence-electron chi connectivity index (χ2n) is 4.60. The topological polar surface area (TPSA) is 37.4 Å². The Balaban J connectivity index is 2.29. The Morgan fingerprint density at radius 2 is 2.10 bits per heavy atom. The van der Waals surface area contributed by atoms with Crippen molar-refractivity contribution in [2.45, 2.75) is 24.8 Å². The van der Waals surface area contributed by atoms with Gasteiger partial charge in [-0.15, -0.1) is 0 Å². The van der Waals surface area contributed by atoms with Gasteiger partial charge in [-0.05, 0) is 18.2 Å². The first-order valence-electron chi connectivity index (χ1n) is 6.03. The molecule has 0 bridgehead atoms. The van der Waals surface area contributed by atoms with Crippen LogP contribution in [-0.4, -0.2) is 22.8 Å². The monoisotopic (exact) mass is 337 g/mol. The van der Waals surface area contributed by atoms with Crippen LogP contribution in [0, 0.1) is 0 Å². The van der Waals surface area contributed by atoms with E-state index in [0.29, 0.717) is 0 Å². The van der Waals surface area contributed by atoms with Gasteiger partial charge in [0.2, 0.25) is 5.91 Å². The molecule has 0 spiro atoms. The number of halogens is 4. The van der Waals surface area contributed by atoms with E-state index in [-0.39, 0.29) is 39.9 Å². The fraction of sp³-hybridized carbons (Fsp3) is 0.385. The zero-order chi connectivity index (χ0) is 15.8. The van der Waals surface area contributed by atoms with Crippen molar-refractivity contribution < 1.29 is 22.8 Å². The van der Waals surface area contributed by atoms with Gasteiger partial charge in [-0.2, -0.15) is 13.2 Å². The predicted octanol–water partition coefficient (Wildman–Crippen LogP) is 3.74. The molecule has 21 heavy (non-hydrogen) atoms. The number of alkyl halides is 3. The van der Waals surface area contributed by atoms with Crippen LogP contribution < -0.4 is 4.90 Å². The molecule has 0 aliphatic carbocycles. The van der Waals surface area contributed by atoms with Crippen LogP contribution in [0.4, 0.5) is 18.9 Å². The van der Waals surface area contributed by atoms with Crippen molar-refractivity contribution in [3.8, 4) is 0 Å². The molecule has 0 aromatic heterocycles. The first kappa shape index (κ1) is 16.2. The van der Waals surface area contributed by atoms with Gasteiger partial charge in [-0.3, -0.25) is 9.59 Å². The van der Waals surface area contributed by atoms with E-state index in [1.54, 1.807) is 0 Å². The molecule has 0 saturated carbocycles. The number of carbonyl (C=O) groups excluding carboxylic acids is 2. The molecule has 0 radical (unpaired) electrons. The van der Waals surface area contributed by atoms with Crippen molar-refractivity contribution in [3.63, 3.8) is 0 Å². The van der Waals surface area contributed by atoms with Crippen LogP contribution in [0.1, 0.15) is 18.9 Å². The molecule has 1 aromatic carbocycles. The summed E-state index contributed by atoms with van der Waals surface area (Å²) < 4.78 is 38.2. The number of amides is 1. The average molecular weight is 338 g/mol. The highest BCUT2D eigenvalue weighted by atomic mass is 35.5. The second kappa shape index (κ2) is 5.88. The molecule has 1 amide bonds. The van der Waals surface area contributed by atoms with Crippen LogP contribution in [0.3, 0.4) is 0 Å². The van der Waals surface area contributed by atoms with Gasteiger partial charge in [0, 0.05) is 25.1 Å². The Morgan fingerprint density at radius 3 is 2.67 bits per heavy atom. The van der Waals surface area contributed by atoms with Crippen LogP contribution in [-0.2, 0) is 15.8 Å². The Morgan fingerprint density at radius 1 is 1.43 bits per heavy atom. The lowest BCUT2D eigenvalue weighted by molar-refractivity contribution is -0.137. The highest BCUT2D eigenvalue weighted by Gasteiger charge is 2.36. The SMILES string of the molecule is CC(=O)SC1CC(=O)N(c2cc(C(F)(F)F)ccc2Cl)C1. The first-order chi connectivity index (χ1) is 9.68. The summed E-state index contributed by atoms with van der Waals surface area (Å²) in [5.41, 5.74) is -0.833. The number of carbonyl (C=O) groups is 2. The number of benzene rings is 1. The van der Waals surface area contributed by atoms with E-state index >= 15 is 0 Å². The van der Waals surface area contributed by atoms with E-state index in [1.165, 1.54) is 11.8 Å². The van der Waals surface area contributed by atoms with Crippen molar-refractivity contribution in [1.82, 2.24) is 0 Å². The largest absolute Gasteiger partial charge is 0.416 e. The minimum atomic E-state index is -4.50. The van der Waals surface area contributed by atoms with Gasteiger partial charge >= 0.3 is 6.18 Å². The maximum absolute atomic E-state index is 12.7. The number of anilines is 1. The zero-order valence-electron chi connectivity index (χ0n) is 10.9. The standard InChI is InChI=1S/C13H11ClF3NO2S/c1-7(19)21-9-5-12(20)18(6-9)11-4-8(13(15,16)17)2-3-10(11)14/h2-4,9H,5-6H2,1H3. The smallest absolute Gasteiger partial charge is 0.310 e. The maximum atomic E-state index is 12.7. The third kappa shape index (κ3) is 3.71. The summed E-state index contributed by atoms with van der Waals surface area (Å²) >= 11 is 6.92. The Bertz CT molecular complexity index is 591. The molecule has 1 aliphatic heterocycles. The molecule has 1 atom stereocenters. The lowest BCUT2D eigenvalue weighted by Crippen LogP contribution is -2.25. The first-order valence-corrected chi connectivity index (χ1v) is 7.28. The van der Waals surface area contributed by atoms with Crippen LogP contribution in [0.25, 0.3) is 0 Å². The highest BCUT2D eigenvalue weighted by molar-refractivity contribution is 8.14. The van der Waals surface area contributed by atoms with Gasteiger partial charge in [-0.25, -0.2) is 0 Å². The van der Waals surface area contributed by atoms with Crippen LogP contribution in [0.15, 0.2) is 18.2 Å². The van der Waals surface area contributed by atoms with Crippen molar-refractivity contribution in [2.24, 2.45) is 0 Å². The normalized spacial score (nSPS) is 19.2. The summed E-state index contributed by atoms with van der Waals surface area (Å²) in [6.07, 6.45) is -4.40. The molecule has 0 N–H and O–H groups in total. The third-order valence-corrected chi connectivity index (χ3v) is 4.29. The molecular formula is C13H11ClF3NO2S. The number of hydrogen-bond acceptors (Lipinski definition) is 3. The molecule has 3 nitrogen and oxygen atoms in total. The molecule has 8 heteroatoms. The van der Waals surface area contributed by atoms with Crippen molar-refractivity contribution in [2.75, 3.05) is 11.4 Å². The summed E-state index contributed by atoms with van der Waals surface area (Å²) in [5.74, 6) is -0.338.